The van der Waals surface area contributed by atoms with Crippen molar-refractivity contribution >= 4 is 16.9 Å². The van der Waals surface area contributed by atoms with Crippen molar-refractivity contribution in [3.8, 4) is 0 Å². The van der Waals surface area contributed by atoms with Crippen molar-refractivity contribution in [3.05, 3.63) is 36.2 Å². The van der Waals surface area contributed by atoms with Gasteiger partial charge in [0.25, 0.3) is 5.91 Å². The summed E-state index contributed by atoms with van der Waals surface area (Å²) < 4.78 is 0. The van der Waals surface area contributed by atoms with Crippen LogP contribution < -0.4 is 5.32 Å². The smallest absolute Gasteiger partial charge is 0.253 e. The molecule has 2 fully saturated rings. The van der Waals surface area contributed by atoms with E-state index in [1.807, 2.05) is 23.1 Å². The summed E-state index contributed by atoms with van der Waals surface area (Å²) in [7, 11) is 0. The first-order valence-electron chi connectivity index (χ1n) is 7.47. The maximum Gasteiger partial charge on any atom is 0.253 e. The molecule has 4 rings (SSSR count). The monoisotopic (exact) mass is 282 g/mol. The molecule has 1 atom stereocenters. The van der Waals surface area contributed by atoms with Crippen molar-refractivity contribution in [1.29, 1.82) is 0 Å². The van der Waals surface area contributed by atoms with Crippen LogP contribution in [-0.4, -0.2) is 47.0 Å². The fraction of sp³-hybridized carbons (Fsp3) is 0.438. The number of nitrogens with one attached hydrogen (secondary N) is 1. The molecule has 0 radical (unpaired) electrons. The van der Waals surface area contributed by atoms with Crippen molar-refractivity contribution in [1.82, 2.24) is 20.2 Å². The van der Waals surface area contributed by atoms with Crippen LogP contribution in [0.4, 0.5) is 0 Å². The number of benzene rings is 1. The highest BCUT2D eigenvalue weighted by atomic mass is 16.2. The van der Waals surface area contributed by atoms with Gasteiger partial charge in [-0.25, -0.2) is 0 Å². The standard InChI is InChI=1S/C16H18N4O/c21-15(20-8-4-16(11-20)3-5-17-10-16)12-1-2-13-14(9-12)19-7-6-18-13/h1-2,6-7,9,17H,3-5,8,10-11H2. The Hall–Kier alpha value is -2.01. The van der Waals surface area contributed by atoms with Gasteiger partial charge in [0.2, 0.25) is 0 Å². The van der Waals surface area contributed by atoms with E-state index in [9.17, 15) is 4.79 Å². The van der Waals surface area contributed by atoms with E-state index in [-0.39, 0.29) is 5.91 Å². The zero-order valence-corrected chi connectivity index (χ0v) is 11.9. The van der Waals surface area contributed by atoms with Crippen LogP contribution in [0.5, 0.6) is 0 Å². The van der Waals surface area contributed by atoms with Gasteiger partial charge in [-0.3, -0.25) is 14.8 Å². The minimum absolute atomic E-state index is 0.117. The summed E-state index contributed by atoms with van der Waals surface area (Å²) in [6.07, 6.45) is 5.62. The van der Waals surface area contributed by atoms with Gasteiger partial charge in [0.1, 0.15) is 0 Å². The van der Waals surface area contributed by atoms with Crippen LogP contribution in [-0.2, 0) is 0 Å². The van der Waals surface area contributed by atoms with Crippen LogP contribution >= 0.6 is 0 Å². The lowest BCUT2D eigenvalue weighted by Gasteiger charge is -2.22. The van der Waals surface area contributed by atoms with Gasteiger partial charge in [-0.1, -0.05) is 0 Å². The van der Waals surface area contributed by atoms with Gasteiger partial charge in [-0.05, 0) is 37.6 Å². The molecule has 1 unspecified atom stereocenters. The molecule has 2 aliphatic heterocycles. The van der Waals surface area contributed by atoms with E-state index in [4.69, 9.17) is 0 Å². The highest BCUT2D eigenvalue weighted by Gasteiger charge is 2.41. The Morgan fingerprint density at radius 2 is 2.05 bits per heavy atom. The number of carbonyl (C=O) groups excluding carboxylic acids is 1. The van der Waals surface area contributed by atoms with Crippen LogP contribution in [0.2, 0.25) is 0 Å². The van der Waals surface area contributed by atoms with E-state index in [0.717, 1.165) is 43.6 Å². The van der Waals surface area contributed by atoms with Crippen molar-refractivity contribution in [3.63, 3.8) is 0 Å². The first-order valence-corrected chi connectivity index (χ1v) is 7.47. The first-order chi connectivity index (χ1) is 10.3. The van der Waals surface area contributed by atoms with E-state index in [0.29, 0.717) is 11.0 Å². The highest BCUT2D eigenvalue weighted by Crippen LogP contribution is 2.36. The Morgan fingerprint density at radius 1 is 1.19 bits per heavy atom. The Morgan fingerprint density at radius 3 is 2.86 bits per heavy atom. The van der Waals surface area contributed by atoms with E-state index in [2.05, 4.69) is 15.3 Å². The second-order valence-electron chi connectivity index (χ2n) is 6.16. The first kappa shape index (κ1) is 12.7. The van der Waals surface area contributed by atoms with E-state index in [1.165, 1.54) is 6.42 Å². The minimum atomic E-state index is 0.117. The molecule has 1 aromatic heterocycles. The van der Waals surface area contributed by atoms with Gasteiger partial charge in [0, 0.05) is 43.0 Å². The van der Waals surface area contributed by atoms with Gasteiger partial charge < -0.3 is 10.2 Å². The lowest BCUT2D eigenvalue weighted by atomic mass is 9.86. The zero-order valence-electron chi connectivity index (χ0n) is 11.9. The second kappa shape index (κ2) is 4.77. The molecular formula is C16H18N4O. The van der Waals surface area contributed by atoms with Crippen LogP contribution in [0.15, 0.2) is 30.6 Å². The van der Waals surface area contributed by atoms with Gasteiger partial charge in [0.15, 0.2) is 0 Å². The third kappa shape index (κ3) is 2.17. The van der Waals surface area contributed by atoms with E-state index in [1.54, 1.807) is 12.4 Å². The minimum Gasteiger partial charge on any atom is -0.338 e. The molecule has 2 aliphatic rings. The molecule has 108 valence electrons. The molecule has 1 aromatic carbocycles. The molecule has 1 N–H and O–H groups in total. The lowest BCUT2D eigenvalue weighted by molar-refractivity contribution is 0.0776. The topological polar surface area (TPSA) is 58.1 Å². The number of rotatable bonds is 1. The molecule has 21 heavy (non-hydrogen) atoms. The molecule has 2 saturated heterocycles. The van der Waals surface area contributed by atoms with Crippen LogP contribution in [0, 0.1) is 5.41 Å². The normalized spacial score (nSPS) is 25.0. The second-order valence-corrected chi connectivity index (χ2v) is 6.16. The Balaban J connectivity index is 1.59. The molecule has 1 amide bonds. The number of aromatic nitrogens is 2. The van der Waals surface area contributed by atoms with Crippen molar-refractivity contribution < 1.29 is 4.79 Å². The molecule has 0 saturated carbocycles. The molecule has 2 aromatic rings. The maximum atomic E-state index is 12.7. The Kier molecular flexibility index (Phi) is 2.89. The number of carbonyl (C=O) groups is 1. The lowest BCUT2D eigenvalue weighted by Crippen LogP contribution is -2.33. The summed E-state index contributed by atoms with van der Waals surface area (Å²) >= 11 is 0. The summed E-state index contributed by atoms with van der Waals surface area (Å²) in [5.41, 5.74) is 2.63. The third-order valence-electron chi connectivity index (χ3n) is 4.77. The predicted molar refractivity (Wildman–Crippen MR) is 80.0 cm³/mol. The number of nitrogens with zero attached hydrogens (tertiary/aromatic N) is 3. The Bertz CT molecular complexity index is 693. The van der Waals surface area contributed by atoms with Crippen molar-refractivity contribution in [2.75, 3.05) is 26.2 Å². The molecule has 1 spiro atoms. The number of fused-ring (bicyclic) bond motifs is 1. The summed E-state index contributed by atoms with van der Waals surface area (Å²) in [5.74, 6) is 0.117. The fourth-order valence-corrected chi connectivity index (χ4v) is 3.53. The van der Waals surface area contributed by atoms with Gasteiger partial charge >= 0.3 is 0 Å². The average Bonchev–Trinajstić information content (AvgIpc) is 3.17. The number of likely N-dealkylation sites (tertiary alicyclic amines) is 1. The average molecular weight is 282 g/mol. The summed E-state index contributed by atoms with van der Waals surface area (Å²) in [6.45, 7) is 3.85. The third-order valence-corrected chi connectivity index (χ3v) is 4.77. The Labute approximate surface area is 123 Å². The summed E-state index contributed by atoms with van der Waals surface area (Å²) in [6, 6.07) is 5.58. The summed E-state index contributed by atoms with van der Waals surface area (Å²) in [5, 5.41) is 3.42. The fourth-order valence-electron chi connectivity index (χ4n) is 3.53. The SMILES string of the molecule is O=C(c1ccc2nccnc2c1)N1CCC2(CCNC2)C1. The number of hydrogen-bond donors (Lipinski definition) is 1. The van der Waals surface area contributed by atoms with Crippen LogP contribution in [0.3, 0.4) is 0 Å². The van der Waals surface area contributed by atoms with E-state index >= 15 is 0 Å². The predicted octanol–water partition coefficient (Wildman–Crippen LogP) is 1.46. The highest BCUT2D eigenvalue weighted by molar-refractivity contribution is 5.97. The molecule has 0 aliphatic carbocycles. The van der Waals surface area contributed by atoms with Gasteiger partial charge in [-0.15, -0.1) is 0 Å². The molecular weight excluding hydrogens is 264 g/mol. The molecule has 3 heterocycles. The maximum absolute atomic E-state index is 12.7. The molecule has 5 heteroatoms. The van der Waals surface area contributed by atoms with E-state index < -0.39 is 0 Å². The quantitative estimate of drug-likeness (QED) is 0.860. The van der Waals surface area contributed by atoms with Crippen LogP contribution in [0.1, 0.15) is 23.2 Å². The molecule has 5 nitrogen and oxygen atoms in total. The van der Waals surface area contributed by atoms with Crippen molar-refractivity contribution in [2.24, 2.45) is 5.41 Å². The van der Waals surface area contributed by atoms with Gasteiger partial charge in [-0.2, -0.15) is 0 Å². The molecule has 0 bridgehead atoms. The van der Waals surface area contributed by atoms with Gasteiger partial charge in [0.05, 0.1) is 11.0 Å². The van der Waals surface area contributed by atoms with Crippen molar-refractivity contribution in [2.45, 2.75) is 12.8 Å². The zero-order chi connectivity index (χ0) is 14.3. The number of hydrogen-bond acceptors (Lipinski definition) is 4. The summed E-state index contributed by atoms with van der Waals surface area (Å²) in [4.78, 5) is 23.2. The number of amides is 1. The van der Waals surface area contributed by atoms with Crippen LogP contribution in [0.25, 0.3) is 11.0 Å². The largest absolute Gasteiger partial charge is 0.338 e.